The molecule has 0 saturated carbocycles. The van der Waals surface area contributed by atoms with E-state index in [9.17, 15) is 22.4 Å². The van der Waals surface area contributed by atoms with E-state index in [1.165, 1.54) is 23.1 Å². The summed E-state index contributed by atoms with van der Waals surface area (Å²) in [6.45, 7) is 6.06. The van der Waals surface area contributed by atoms with Crippen LogP contribution in [0.1, 0.15) is 37.8 Å². The molecule has 2 aromatic rings. The Morgan fingerprint density at radius 3 is 2.42 bits per heavy atom. The maximum absolute atomic E-state index is 14.2. The van der Waals surface area contributed by atoms with Gasteiger partial charge in [0.2, 0.25) is 21.8 Å². The lowest BCUT2D eigenvalue weighted by molar-refractivity contribution is -0.140. The number of nitrogens with one attached hydrogen (secondary N) is 1. The Balaban J connectivity index is 2.16. The molecule has 180 valence electrons. The minimum absolute atomic E-state index is 0.00995. The van der Waals surface area contributed by atoms with Crippen molar-refractivity contribution < 1.29 is 22.4 Å². The second-order valence-corrected chi connectivity index (χ2v) is 9.88. The maximum Gasteiger partial charge on any atom is 0.242 e. The van der Waals surface area contributed by atoms with Gasteiger partial charge in [0.05, 0.1) is 11.9 Å². The van der Waals surface area contributed by atoms with Gasteiger partial charge in [0, 0.05) is 26.1 Å². The molecule has 0 radical (unpaired) electrons. The quantitative estimate of drug-likeness (QED) is 0.538. The Morgan fingerprint density at radius 2 is 1.82 bits per heavy atom. The van der Waals surface area contributed by atoms with Crippen LogP contribution >= 0.6 is 0 Å². The molecule has 0 heterocycles. The van der Waals surface area contributed by atoms with Crippen molar-refractivity contribution in [3.63, 3.8) is 0 Å². The molecule has 0 fully saturated rings. The smallest absolute Gasteiger partial charge is 0.242 e. The number of nitrogens with zero attached hydrogens (tertiary/aromatic N) is 2. The minimum Gasteiger partial charge on any atom is -0.355 e. The number of carbonyl (C=O) groups excluding carboxylic acids is 2. The second-order valence-electron chi connectivity index (χ2n) is 7.97. The van der Waals surface area contributed by atoms with Gasteiger partial charge in [-0.05, 0) is 44.9 Å². The zero-order valence-electron chi connectivity index (χ0n) is 19.5. The molecular weight excluding hydrogens is 445 g/mol. The monoisotopic (exact) mass is 477 g/mol. The minimum atomic E-state index is -3.74. The van der Waals surface area contributed by atoms with E-state index in [1.54, 1.807) is 19.9 Å². The molecule has 0 aromatic heterocycles. The van der Waals surface area contributed by atoms with Gasteiger partial charge in [-0.15, -0.1) is 0 Å². The third kappa shape index (κ3) is 7.56. The van der Waals surface area contributed by atoms with Crippen LogP contribution in [0.2, 0.25) is 0 Å². The van der Waals surface area contributed by atoms with E-state index < -0.39 is 21.9 Å². The van der Waals surface area contributed by atoms with Crippen LogP contribution in [0.4, 0.5) is 10.1 Å². The molecule has 33 heavy (non-hydrogen) atoms. The first-order valence-electron chi connectivity index (χ1n) is 10.9. The van der Waals surface area contributed by atoms with Crippen LogP contribution in [0.25, 0.3) is 0 Å². The number of para-hydroxylation sites is 1. The van der Waals surface area contributed by atoms with Gasteiger partial charge in [-0.25, -0.2) is 12.8 Å². The van der Waals surface area contributed by atoms with Crippen molar-refractivity contribution in [1.82, 2.24) is 10.2 Å². The Labute approximate surface area is 195 Å². The maximum atomic E-state index is 14.2. The van der Waals surface area contributed by atoms with Gasteiger partial charge in [0.1, 0.15) is 11.9 Å². The van der Waals surface area contributed by atoms with Crippen molar-refractivity contribution in [1.29, 1.82) is 0 Å². The van der Waals surface area contributed by atoms with E-state index >= 15 is 0 Å². The number of carbonyl (C=O) groups is 2. The summed E-state index contributed by atoms with van der Waals surface area (Å²) >= 11 is 0. The molecule has 2 aromatic carbocycles. The van der Waals surface area contributed by atoms with Gasteiger partial charge in [-0.2, -0.15) is 0 Å². The lowest BCUT2D eigenvalue weighted by Gasteiger charge is -2.29. The molecule has 9 heteroatoms. The highest BCUT2D eigenvalue weighted by atomic mass is 32.2. The highest BCUT2D eigenvalue weighted by Gasteiger charge is 2.26. The molecule has 0 bridgehead atoms. The molecular formula is C24H32FN3O4S. The number of amides is 2. The number of rotatable bonds is 11. The molecule has 1 N–H and O–H groups in total. The molecule has 1 atom stereocenters. The number of benzene rings is 2. The summed E-state index contributed by atoms with van der Waals surface area (Å²) in [5.41, 5.74) is 1.88. The zero-order chi connectivity index (χ0) is 24.6. The molecule has 0 saturated heterocycles. The first kappa shape index (κ1) is 26.3. The van der Waals surface area contributed by atoms with Crippen molar-refractivity contribution in [3.8, 4) is 0 Å². The highest BCUT2D eigenvalue weighted by Crippen LogP contribution is 2.22. The Bertz CT molecular complexity index is 1070. The van der Waals surface area contributed by atoms with Gasteiger partial charge in [0.15, 0.2) is 0 Å². The number of sulfonamides is 1. The summed E-state index contributed by atoms with van der Waals surface area (Å²) in [5.74, 6) is -1.19. The number of hydrogen-bond acceptors (Lipinski definition) is 4. The third-order valence-corrected chi connectivity index (χ3v) is 6.41. The fraction of sp³-hybridized carbons (Fsp3) is 0.417. The normalized spacial score (nSPS) is 12.2. The van der Waals surface area contributed by atoms with Crippen molar-refractivity contribution >= 4 is 27.5 Å². The number of hydrogen-bond donors (Lipinski definition) is 1. The predicted molar refractivity (Wildman–Crippen MR) is 128 cm³/mol. The summed E-state index contributed by atoms with van der Waals surface area (Å²) < 4.78 is 39.7. The van der Waals surface area contributed by atoms with E-state index in [0.29, 0.717) is 6.54 Å². The van der Waals surface area contributed by atoms with Gasteiger partial charge in [-0.1, -0.05) is 42.0 Å². The predicted octanol–water partition coefficient (Wildman–Crippen LogP) is 3.23. The van der Waals surface area contributed by atoms with Crippen LogP contribution in [-0.4, -0.2) is 50.5 Å². The highest BCUT2D eigenvalue weighted by molar-refractivity contribution is 7.92. The van der Waals surface area contributed by atoms with Gasteiger partial charge < -0.3 is 10.2 Å². The van der Waals surface area contributed by atoms with Crippen LogP contribution in [0.5, 0.6) is 0 Å². The first-order chi connectivity index (χ1) is 15.5. The first-order valence-corrected chi connectivity index (χ1v) is 12.7. The average Bonchev–Trinajstić information content (AvgIpc) is 2.74. The lowest BCUT2D eigenvalue weighted by Crippen LogP contribution is -2.47. The molecule has 0 aliphatic rings. The van der Waals surface area contributed by atoms with Gasteiger partial charge in [0.25, 0.3) is 0 Å². The number of likely N-dealkylation sites (N-methyl/N-ethyl adjacent to an activating group) is 1. The SMILES string of the molecule is CCNC(=O)C(C)N(Cc1cccc(C)c1)C(=O)CCCN(c1ccccc1F)S(C)(=O)=O. The van der Waals surface area contributed by atoms with E-state index in [-0.39, 0.29) is 43.4 Å². The fourth-order valence-corrected chi connectivity index (χ4v) is 4.51. The van der Waals surface area contributed by atoms with Crippen molar-refractivity contribution in [2.45, 2.75) is 46.2 Å². The summed E-state index contributed by atoms with van der Waals surface area (Å²) in [4.78, 5) is 27.1. The van der Waals surface area contributed by atoms with E-state index in [0.717, 1.165) is 21.7 Å². The number of aryl methyl sites for hydroxylation is 1. The average molecular weight is 478 g/mol. The third-order valence-electron chi connectivity index (χ3n) is 5.23. The number of anilines is 1. The lowest BCUT2D eigenvalue weighted by atomic mass is 10.1. The van der Waals surface area contributed by atoms with Crippen LogP contribution in [0.3, 0.4) is 0 Å². The Kier molecular flexibility index (Phi) is 9.40. The van der Waals surface area contributed by atoms with Crippen molar-refractivity contribution in [3.05, 3.63) is 65.5 Å². The van der Waals surface area contributed by atoms with Gasteiger partial charge in [-0.3, -0.25) is 13.9 Å². The van der Waals surface area contributed by atoms with E-state index in [1.807, 2.05) is 31.2 Å². The van der Waals surface area contributed by atoms with Crippen molar-refractivity contribution in [2.75, 3.05) is 23.7 Å². The molecule has 1 unspecified atom stereocenters. The second kappa shape index (κ2) is 11.8. The van der Waals surface area contributed by atoms with Crippen LogP contribution in [-0.2, 0) is 26.2 Å². The summed E-state index contributed by atoms with van der Waals surface area (Å²) in [5, 5.41) is 2.74. The number of halogens is 1. The van der Waals surface area contributed by atoms with Crippen LogP contribution < -0.4 is 9.62 Å². The van der Waals surface area contributed by atoms with E-state index in [2.05, 4.69) is 5.32 Å². The molecule has 0 aliphatic heterocycles. The topological polar surface area (TPSA) is 86.8 Å². The van der Waals surface area contributed by atoms with Crippen LogP contribution in [0.15, 0.2) is 48.5 Å². The Morgan fingerprint density at radius 1 is 1.12 bits per heavy atom. The zero-order valence-corrected chi connectivity index (χ0v) is 20.4. The molecule has 7 nitrogen and oxygen atoms in total. The summed E-state index contributed by atoms with van der Waals surface area (Å²) in [7, 11) is -3.74. The standard InChI is InChI=1S/C24H32FN3O4S/c1-5-26-24(30)19(3)27(17-20-11-8-10-18(2)16-20)23(29)14-9-15-28(33(4,31)32)22-13-7-6-12-21(22)25/h6-8,10-13,16,19H,5,9,14-15,17H2,1-4H3,(H,26,30). The van der Waals surface area contributed by atoms with E-state index in [4.69, 9.17) is 0 Å². The van der Waals surface area contributed by atoms with Crippen LogP contribution in [0, 0.1) is 12.7 Å². The largest absolute Gasteiger partial charge is 0.355 e. The molecule has 2 rings (SSSR count). The molecule has 0 spiro atoms. The Hall–Kier alpha value is -2.94. The van der Waals surface area contributed by atoms with Crippen molar-refractivity contribution in [2.24, 2.45) is 0 Å². The fourth-order valence-electron chi connectivity index (χ4n) is 3.55. The van der Waals surface area contributed by atoms with Gasteiger partial charge >= 0.3 is 0 Å². The summed E-state index contributed by atoms with van der Waals surface area (Å²) in [6, 6.07) is 12.6. The summed E-state index contributed by atoms with van der Waals surface area (Å²) in [6.07, 6.45) is 1.19. The molecule has 0 aliphatic carbocycles. The molecule has 2 amide bonds.